The summed E-state index contributed by atoms with van der Waals surface area (Å²) >= 11 is 0. The molecule has 0 bridgehead atoms. The van der Waals surface area contributed by atoms with Crippen LogP contribution in [-0.4, -0.2) is 45.6 Å². The van der Waals surface area contributed by atoms with Crippen molar-refractivity contribution in [3.05, 3.63) is 18.5 Å². The first-order valence-corrected chi connectivity index (χ1v) is 6.14. The number of carbonyl (C=O) groups excluding carboxylic acids is 2. The molecule has 0 radical (unpaired) electrons. The van der Waals surface area contributed by atoms with Gasteiger partial charge in [0.05, 0.1) is 13.1 Å². The van der Waals surface area contributed by atoms with E-state index in [4.69, 9.17) is 0 Å². The van der Waals surface area contributed by atoms with Crippen LogP contribution in [0.25, 0.3) is 0 Å². The van der Waals surface area contributed by atoms with E-state index < -0.39 is 0 Å². The fraction of sp³-hybridized carbons (Fsp3) is 0.583. The lowest BCUT2D eigenvalue weighted by molar-refractivity contribution is -0.147. The van der Waals surface area contributed by atoms with E-state index in [1.807, 2.05) is 26.1 Å². The molecule has 2 amide bonds. The topological polar surface area (TPSA) is 67.2 Å². The van der Waals surface area contributed by atoms with Crippen LogP contribution in [-0.2, 0) is 16.1 Å². The van der Waals surface area contributed by atoms with Gasteiger partial charge in [-0.25, -0.2) is 0 Å². The highest BCUT2D eigenvalue weighted by molar-refractivity contribution is 5.94. The predicted octanol–water partition coefficient (Wildman–Crippen LogP) is -0.134. The Labute approximate surface area is 106 Å². The monoisotopic (exact) mass is 250 g/mol. The second-order valence-electron chi connectivity index (χ2n) is 4.76. The minimum Gasteiger partial charge on any atom is -0.345 e. The predicted molar refractivity (Wildman–Crippen MR) is 65.6 cm³/mol. The maximum atomic E-state index is 11.9. The third-order valence-corrected chi connectivity index (χ3v) is 3.10. The third kappa shape index (κ3) is 2.52. The van der Waals surface area contributed by atoms with Crippen LogP contribution in [0.2, 0.25) is 0 Å². The van der Waals surface area contributed by atoms with E-state index in [1.54, 1.807) is 15.8 Å². The third-order valence-electron chi connectivity index (χ3n) is 3.10. The van der Waals surface area contributed by atoms with Gasteiger partial charge in [0.15, 0.2) is 0 Å². The summed E-state index contributed by atoms with van der Waals surface area (Å²) in [5, 5.41) is 6.73. The van der Waals surface area contributed by atoms with Crippen molar-refractivity contribution in [1.29, 1.82) is 0 Å². The molecule has 1 aromatic heterocycles. The van der Waals surface area contributed by atoms with E-state index in [1.165, 1.54) is 0 Å². The lowest BCUT2D eigenvalue weighted by atomic mass is 9.99. The summed E-state index contributed by atoms with van der Waals surface area (Å²) in [4.78, 5) is 25.4. The fourth-order valence-corrected chi connectivity index (χ4v) is 2.23. The van der Waals surface area contributed by atoms with Gasteiger partial charge < -0.3 is 10.2 Å². The first kappa shape index (κ1) is 12.6. The van der Waals surface area contributed by atoms with Gasteiger partial charge in [0.25, 0.3) is 0 Å². The highest BCUT2D eigenvalue weighted by Crippen LogP contribution is 2.14. The molecule has 1 unspecified atom stereocenters. The first-order chi connectivity index (χ1) is 8.59. The Morgan fingerprint density at radius 3 is 2.83 bits per heavy atom. The first-order valence-electron chi connectivity index (χ1n) is 6.14. The molecule has 0 aromatic carbocycles. The normalized spacial score (nSPS) is 20.4. The van der Waals surface area contributed by atoms with E-state index in [-0.39, 0.29) is 30.3 Å². The van der Waals surface area contributed by atoms with Gasteiger partial charge in [-0.2, -0.15) is 5.10 Å². The van der Waals surface area contributed by atoms with Crippen LogP contribution in [0.4, 0.5) is 0 Å². The quantitative estimate of drug-likeness (QED) is 0.809. The summed E-state index contributed by atoms with van der Waals surface area (Å²) in [5.74, 6) is 0.0115. The number of aromatic nitrogens is 2. The molecule has 1 aliphatic heterocycles. The SMILES string of the molecule is CC(C)C1C(=O)NCC(=O)N1CCn1cccn1. The van der Waals surface area contributed by atoms with Crippen molar-refractivity contribution in [3.8, 4) is 0 Å². The Balaban J connectivity index is 2.06. The molecule has 1 atom stereocenters. The van der Waals surface area contributed by atoms with Gasteiger partial charge in [-0.3, -0.25) is 14.3 Å². The van der Waals surface area contributed by atoms with Crippen molar-refractivity contribution < 1.29 is 9.59 Å². The van der Waals surface area contributed by atoms with E-state index in [0.29, 0.717) is 13.1 Å². The van der Waals surface area contributed by atoms with E-state index in [0.717, 1.165) is 0 Å². The zero-order valence-corrected chi connectivity index (χ0v) is 10.7. The van der Waals surface area contributed by atoms with Crippen LogP contribution in [0.3, 0.4) is 0 Å². The summed E-state index contributed by atoms with van der Waals surface area (Å²) in [7, 11) is 0. The molecule has 0 saturated carbocycles. The van der Waals surface area contributed by atoms with Gasteiger partial charge in [-0.15, -0.1) is 0 Å². The molecule has 18 heavy (non-hydrogen) atoms. The molecule has 6 heteroatoms. The van der Waals surface area contributed by atoms with Crippen LogP contribution in [0.15, 0.2) is 18.5 Å². The van der Waals surface area contributed by atoms with Gasteiger partial charge in [0, 0.05) is 18.9 Å². The molecule has 6 nitrogen and oxygen atoms in total. The maximum absolute atomic E-state index is 11.9. The van der Waals surface area contributed by atoms with Crippen molar-refractivity contribution in [2.75, 3.05) is 13.1 Å². The Morgan fingerprint density at radius 2 is 2.22 bits per heavy atom. The zero-order chi connectivity index (χ0) is 13.1. The lowest BCUT2D eigenvalue weighted by Gasteiger charge is -2.37. The van der Waals surface area contributed by atoms with Gasteiger partial charge in [-0.1, -0.05) is 13.8 Å². The summed E-state index contributed by atoms with van der Waals surface area (Å²) in [5.41, 5.74) is 0. The Bertz CT molecular complexity index is 427. The molecule has 1 saturated heterocycles. The summed E-state index contributed by atoms with van der Waals surface area (Å²) in [6.07, 6.45) is 3.55. The maximum Gasteiger partial charge on any atom is 0.243 e. The lowest BCUT2D eigenvalue weighted by Crippen LogP contribution is -2.60. The Morgan fingerprint density at radius 1 is 1.44 bits per heavy atom. The standard InChI is InChI=1S/C12H18N4O2/c1-9(2)11-12(18)13-8-10(17)16(11)7-6-15-5-3-4-14-15/h3-5,9,11H,6-8H2,1-2H3,(H,13,18). The van der Waals surface area contributed by atoms with Crippen LogP contribution in [0.5, 0.6) is 0 Å². The number of rotatable bonds is 4. The van der Waals surface area contributed by atoms with Gasteiger partial charge >= 0.3 is 0 Å². The number of hydrogen-bond acceptors (Lipinski definition) is 3. The summed E-state index contributed by atoms with van der Waals surface area (Å²) in [6.45, 7) is 5.11. The molecule has 1 aromatic rings. The van der Waals surface area contributed by atoms with Crippen LogP contribution >= 0.6 is 0 Å². The molecule has 2 rings (SSSR count). The van der Waals surface area contributed by atoms with Crippen LogP contribution in [0.1, 0.15) is 13.8 Å². The van der Waals surface area contributed by atoms with Gasteiger partial charge in [0.2, 0.25) is 11.8 Å². The number of amides is 2. The number of hydrogen-bond donors (Lipinski definition) is 1. The minimum absolute atomic E-state index is 0.0274. The minimum atomic E-state index is -0.373. The molecule has 2 heterocycles. The molecule has 1 N–H and O–H groups in total. The van der Waals surface area contributed by atoms with Crippen molar-refractivity contribution in [1.82, 2.24) is 20.0 Å². The number of carbonyl (C=O) groups is 2. The summed E-state index contributed by atoms with van der Waals surface area (Å²) in [6, 6.07) is 1.46. The van der Waals surface area contributed by atoms with E-state index >= 15 is 0 Å². The van der Waals surface area contributed by atoms with Crippen molar-refractivity contribution >= 4 is 11.8 Å². The number of nitrogens with one attached hydrogen (secondary N) is 1. The fourth-order valence-electron chi connectivity index (χ4n) is 2.23. The molecule has 1 fully saturated rings. The van der Waals surface area contributed by atoms with Gasteiger partial charge in [-0.05, 0) is 12.0 Å². The second kappa shape index (κ2) is 5.20. The Kier molecular flexibility index (Phi) is 3.64. The second-order valence-corrected chi connectivity index (χ2v) is 4.76. The smallest absolute Gasteiger partial charge is 0.243 e. The van der Waals surface area contributed by atoms with E-state index in [9.17, 15) is 9.59 Å². The molecule has 1 aliphatic rings. The van der Waals surface area contributed by atoms with Crippen molar-refractivity contribution in [2.45, 2.75) is 26.4 Å². The number of piperazine rings is 1. The van der Waals surface area contributed by atoms with Crippen LogP contribution < -0.4 is 5.32 Å². The van der Waals surface area contributed by atoms with Crippen molar-refractivity contribution in [3.63, 3.8) is 0 Å². The van der Waals surface area contributed by atoms with Crippen LogP contribution in [0, 0.1) is 5.92 Å². The average molecular weight is 250 g/mol. The van der Waals surface area contributed by atoms with Crippen molar-refractivity contribution in [2.24, 2.45) is 5.92 Å². The highest BCUT2D eigenvalue weighted by Gasteiger charge is 2.36. The van der Waals surface area contributed by atoms with Gasteiger partial charge in [0.1, 0.15) is 6.04 Å². The highest BCUT2D eigenvalue weighted by atomic mass is 16.2. The average Bonchev–Trinajstić information content (AvgIpc) is 2.82. The largest absolute Gasteiger partial charge is 0.345 e. The molecule has 0 spiro atoms. The van der Waals surface area contributed by atoms with E-state index in [2.05, 4.69) is 10.4 Å². The summed E-state index contributed by atoms with van der Waals surface area (Å²) < 4.78 is 1.76. The Hall–Kier alpha value is -1.85. The molecular weight excluding hydrogens is 232 g/mol. The number of nitrogens with zero attached hydrogens (tertiary/aromatic N) is 3. The zero-order valence-electron chi connectivity index (χ0n) is 10.7. The molecular formula is C12H18N4O2. The molecule has 0 aliphatic carbocycles. The molecule has 98 valence electrons.